The summed E-state index contributed by atoms with van der Waals surface area (Å²) in [5.74, 6) is 0.0771. The van der Waals surface area contributed by atoms with Crippen molar-refractivity contribution in [1.29, 1.82) is 0 Å². The smallest absolute Gasteiger partial charge is 0.316 e. The van der Waals surface area contributed by atoms with E-state index in [9.17, 15) is 4.79 Å². The fourth-order valence-electron chi connectivity index (χ4n) is 3.73. The molecule has 5 heteroatoms. The molecule has 0 aliphatic heterocycles. The van der Waals surface area contributed by atoms with Crippen LogP contribution in [0, 0.1) is 0 Å². The van der Waals surface area contributed by atoms with Gasteiger partial charge in [0.15, 0.2) is 0 Å². The van der Waals surface area contributed by atoms with Crippen molar-refractivity contribution in [1.82, 2.24) is 15.3 Å². The number of nitrogens with one attached hydrogen (secondary N) is 1. The van der Waals surface area contributed by atoms with Crippen molar-refractivity contribution >= 4 is 5.91 Å². The molecule has 1 aliphatic rings. The standard InChI is InChI=1S/C24H25N3O2/c28-23(17-18-7-9-20(10-8-18)19-5-2-1-3-6-19)27-21-11-13-22(14-12-21)29-24-25-15-4-16-26-24/h1-10,15-16,21-22H,11-14,17H2,(H,27,28). The Bertz CT molecular complexity index is 906. The fourth-order valence-corrected chi connectivity index (χ4v) is 3.73. The van der Waals surface area contributed by atoms with Crippen LogP contribution >= 0.6 is 0 Å². The van der Waals surface area contributed by atoms with Gasteiger partial charge in [-0.05, 0) is 48.4 Å². The molecule has 1 heterocycles. The summed E-state index contributed by atoms with van der Waals surface area (Å²) in [6, 6.07) is 20.9. The van der Waals surface area contributed by atoms with Crippen molar-refractivity contribution in [3.63, 3.8) is 0 Å². The Morgan fingerprint density at radius 1 is 0.862 bits per heavy atom. The topological polar surface area (TPSA) is 64.1 Å². The maximum absolute atomic E-state index is 12.4. The average Bonchev–Trinajstić information content (AvgIpc) is 2.77. The summed E-state index contributed by atoms with van der Waals surface area (Å²) in [5, 5.41) is 3.17. The van der Waals surface area contributed by atoms with Crippen LogP contribution in [0.25, 0.3) is 11.1 Å². The van der Waals surface area contributed by atoms with Crippen molar-refractivity contribution in [2.75, 3.05) is 0 Å². The first kappa shape index (κ1) is 19.1. The van der Waals surface area contributed by atoms with Crippen LogP contribution in [0.5, 0.6) is 6.01 Å². The zero-order chi connectivity index (χ0) is 19.9. The third-order valence-electron chi connectivity index (χ3n) is 5.28. The quantitative estimate of drug-likeness (QED) is 0.689. The van der Waals surface area contributed by atoms with Crippen molar-refractivity contribution in [2.24, 2.45) is 0 Å². The molecule has 0 radical (unpaired) electrons. The normalized spacial score (nSPS) is 18.8. The van der Waals surface area contributed by atoms with E-state index < -0.39 is 0 Å². The molecule has 1 aromatic heterocycles. The van der Waals surface area contributed by atoms with Crippen molar-refractivity contribution in [2.45, 2.75) is 44.2 Å². The molecule has 3 aromatic rings. The van der Waals surface area contributed by atoms with Gasteiger partial charge in [0, 0.05) is 18.4 Å². The minimum Gasteiger partial charge on any atom is -0.460 e. The van der Waals surface area contributed by atoms with Crippen LogP contribution in [0.15, 0.2) is 73.1 Å². The van der Waals surface area contributed by atoms with Gasteiger partial charge >= 0.3 is 6.01 Å². The Balaban J connectivity index is 1.23. The van der Waals surface area contributed by atoms with E-state index in [1.54, 1.807) is 18.5 Å². The highest BCUT2D eigenvalue weighted by Crippen LogP contribution is 2.22. The molecule has 0 spiro atoms. The third-order valence-corrected chi connectivity index (χ3v) is 5.28. The zero-order valence-corrected chi connectivity index (χ0v) is 16.3. The molecule has 0 unspecified atom stereocenters. The summed E-state index contributed by atoms with van der Waals surface area (Å²) in [5.41, 5.74) is 3.37. The predicted molar refractivity (Wildman–Crippen MR) is 112 cm³/mol. The van der Waals surface area contributed by atoms with Crippen LogP contribution in [0.4, 0.5) is 0 Å². The number of carbonyl (C=O) groups excluding carboxylic acids is 1. The number of hydrogen-bond acceptors (Lipinski definition) is 4. The van der Waals surface area contributed by atoms with Gasteiger partial charge in [-0.2, -0.15) is 0 Å². The Hall–Kier alpha value is -3.21. The van der Waals surface area contributed by atoms with Crippen LogP contribution in [-0.2, 0) is 11.2 Å². The van der Waals surface area contributed by atoms with E-state index in [4.69, 9.17) is 4.74 Å². The van der Waals surface area contributed by atoms with Gasteiger partial charge in [-0.3, -0.25) is 4.79 Å². The first-order chi connectivity index (χ1) is 14.3. The molecule has 1 amide bonds. The van der Waals surface area contributed by atoms with E-state index in [1.807, 2.05) is 30.3 Å². The summed E-state index contributed by atoms with van der Waals surface area (Å²) < 4.78 is 5.82. The molecular weight excluding hydrogens is 362 g/mol. The molecule has 2 aromatic carbocycles. The van der Waals surface area contributed by atoms with E-state index in [1.165, 1.54) is 5.56 Å². The Labute approximate surface area is 171 Å². The first-order valence-corrected chi connectivity index (χ1v) is 10.1. The SMILES string of the molecule is O=C(Cc1ccc(-c2ccccc2)cc1)NC1CCC(Oc2ncccn2)CC1. The number of ether oxygens (including phenoxy) is 1. The van der Waals surface area contributed by atoms with Gasteiger partial charge in [0.2, 0.25) is 5.91 Å². The lowest BCUT2D eigenvalue weighted by atomic mass is 9.92. The number of aromatic nitrogens is 2. The number of amides is 1. The first-order valence-electron chi connectivity index (χ1n) is 10.1. The van der Waals surface area contributed by atoms with Crippen LogP contribution < -0.4 is 10.1 Å². The lowest BCUT2D eigenvalue weighted by Crippen LogP contribution is -2.40. The van der Waals surface area contributed by atoms with Gasteiger partial charge in [-0.1, -0.05) is 54.6 Å². The van der Waals surface area contributed by atoms with Gasteiger partial charge in [0.05, 0.1) is 6.42 Å². The lowest BCUT2D eigenvalue weighted by Gasteiger charge is -2.28. The average molecular weight is 387 g/mol. The number of benzene rings is 2. The highest BCUT2D eigenvalue weighted by molar-refractivity contribution is 5.79. The summed E-state index contributed by atoms with van der Waals surface area (Å²) in [4.78, 5) is 20.7. The number of carbonyl (C=O) groups is 1. The zero-order valence-electron chi connectivity index (χ0n) is 16.3. The molecular formula is C24H25N3O2. The molecule has 1 aliphatic carbocycles. The van der Waals surface area contributed by atoms with Crippen LogP contribution in [-0.4, -0.2) is 28.0 Å². The Kier molecular flexibility index (Phi) is 6.15. The Morgan fingerprint density at radius 2 is 1.52 bits per heavy atom. The molecule has 1 saturated carbocycles. The molecule has 4 rings (SSSR count). The van der Waals surface area contributed by atoms with Crippen molar-refractivity contribution in [3.8, 4) is 17.1 Å². The lowest BCUT2D eigenvalue weighted by molar-refractivity contribution is -0.121. The van der Waals surface area contributed by atoms with E-state index in [-0.39, 0.29) is 18.1 Å². The second-order valence-electron chi connectivity index (χ2n) is 7.43. The molecule has 0 atom stereocenters. The van der Waals surface area contributed by atoms with Crippen LogP contribution in [0.1, 0.15) is 31.2 Å². The molecule has 0 saturated heterocycles. The van der Waals surface area contributed by atoms with Gasteiger partial charge < -0.3 is 10.1 Å². The molecule has 1 fully saturated rings. The Morgan fingerprint density at radius 3 is 2.21 bits per heavy atom. The second kappa shape index (κ2) is 9.32. The van der Waals surface area contributed by atoms with Crippen LogP contribution in [0.3, 0.4) is 0 Å². The van der Waals surface area contributed by atoms with E-state index in [0.29, 0.717) is 12.4 Å². The van der Waals surface area contributed by atoms with Gasteiger partial charge in [0.1, 0.15) is 6.10 Å². The largest absolute Gasteiger partial charge is 0.460 e. The number of hydrogen-bond donors (Lipinski definition) is 1. The highest BCUT2D eigenvalue weighted by atomic mass is 16.5. The maximum atomic E-state index is 12.4. The number of rotatable bonds is 6. The van der Waals surface area contributed by atoms with Crippen molar-refractivity contribution < 1.29 is 9.53 Å². The highest BCUT2D eigenvalue weighted by Gasteiger charge is 2.24. The molecule has 0 bridgehead atoms. The minimum absolute atomic E-state index is 0.0771. The molecule has 1 N–H and O–H groups in total. The van der Waals surface area contributed by atoms with Crippen LogP contribution in [0.2, 0.25) is 0 Å². The van der Waals surface area contributed by atoms with E-state index >= 15 is 0 Å². The second-order valence-corrected chi connectivity index (χ2v) is 7.43. The van der Waals surface area contributed by atoms with E-state index in [0.717, 1.165) is 36.8 Å². The van der Waals surface area contributed by atoms with Crippen molar-refractivity contribution in [3.05, 3.63) is 78.6 Å². The monoisotopic (exact) mass is 387 g/mol. The predicted octanol–water partition coefficient (Wildman–Crippen LogP) is 4.19. The third kappa shape index (κ3) is 5.41. The van der Waals surface area contributed by atoms with Gasteiger partial charge in [-0.15, -0.1) is 0 Å². The molecule has 5 nitrogen and oxygen atoms in total. The summed E-state index contributed by atoms with van der Waals surface area (Å²) in [6.45, 7) is 0. The fraction of sp³-hybridized carbons (Fsp3) is 0.292. The number of nitrogens with zero attached hydrogens (tertiary/aromatic N) is 2. The summed E-state index contributed by atoms with van der Waals surface area (Å²) >= 11 is 0. The molecule has 148 valence electrons. The van der Waals surface area contributed by atoms with Gasteiger partial charge in [0.25, 0.3) is 0 Å². The summed E-state index contributed by atoms with van der Waals surface area (Å²) in [7, 11) is 0. The minimum atomic E-state index is 0.0771. The maximum Gasteiger partial charge on any atom is 0.316 e. The molecule has 29 heavy (non-hydrogen) atoms. The van der Waals surface area contributed by atoms with E-state index in [2.05, 4.69) is 39.6 Å². The summed E-state index contributed by atoms with van der Waals surface area (Å²) in [6.07, 6.45) is 7.51. The van der Waals surface area contributed by atoms with Gasteiger partial charge in [-0.25, -0.2) is 9.97 Å².